The molecular weight excluding hydrogens is 502 g/mol. The molecule has 0 spiro atoms. The maximum absolute atomic E-state index is 12.4. The van der Waals surface area contributed by atoms with Crippen LogP contribution in [-0.4, -0.2) is 67.5 Å². The average Bonchev–Trinajstić information content (AvgIpc) is 3.38. The summed E-state index contributed by atoms with van der Waals surface area (Å²) in [6, 6.07) is 12.4. The van der Waals surface area contributed by atoms with Crippen molar-refractivity contribution >= 4 is 11.8 Å². The molecule has 0 saturated carbocycles. The molecule has 1 aromatic carbocycles. The van der Waals surface area contributed by atoms with Crippen LogP contribution >= 0.6 is 0 Å². The first kappa shape index (κ1) is 27.3. The number of rotatable bonds is 6. The molecule has 40 heavy (non-hydrogen) atoms. The number of piperazine rings is 1. The van der Waals surface area contributed by atoms with Crippen LogP contribution in [0.25, 0.3) is 22.5 Å². The maximum Gasteiger partial charge on any atom is 0.410 e. The van der Waals surface area contributed by atoms with E-state index in [0.29, 0.717) is 19.5 Å². The predicted molar refractivity (Wildman–Crippen MR) is 156 cm³/mol. The van der Waals surface area contributed by atoms with Gasteiger partial charge in [0.1, 0.15) is 17.1 Å². The number of anilines is 1. The Bertz CT molecular complexity index is 1470. The van der Waals surface area contributed by atoms with Gasteiger partial charge in [-0.2, -0.15) is 5.10 Å². The number of ether oxygens (including phenoxy) is 1. The van der Waals surface area contributed by atoms with Gasteiger partial charge in [-0.1, -0.05) is 12.1 Å². The molecule has 4 heterocycles. The summed E-state index contributed by atoms with van der Waals surface area (Å²) in [5.41, 5.74) is 6.70. The molecule has 5 rings (SSSR count). The van der Waals surface area contributed by atoms with Crippen LogP contribution in [0.2, 0.25) is 0 Å². The quantitative estimate of drug-likeness (QED) is 0.325. The topological polar surface area (TPSA) is 89.3 Å². The molecule has 9 heteroatoms. The zero-order valence-corrected chi connectivity index (χ0v) is 24.0. The van der Waals surface area contributed by atoms with Gasteiger partial charge in [0.25, 0.3) is 0 Å². The lowest BCUT2D eigenvalue weighted by Gasteiger charge is -2.37. The summed E-state index contributed by atoms with van der Waals surface area (Å²) in [5.74, 6) is 0.761. The van der Waals surface area contributed by atoms with Crippen molar-refractivity contribution in [1.29, 1.82) is 0 Å². The van der Waals surface area contributed by atoms with E-state index in [9.17, 15) is 4.79 Å². The third-order valence-electron chi connectivity index (χ3n) is 6.90. The molecule has 4 aromatic rings. The number of nitrogens with zero attached hydrogens (tertiary/aromatic N) is 7. The van der Waals surface area contributed by atoms with Crippen molar-refractivity contribution in [1.82, 2.24) is 29.6 Å². The molecule has 1 aliphatic rings. The number of hydrogen-bond acceptors (Lipinski definition) is 7. The number of carbonyl (C=O) groups is 1. The van der Waals surface area contributed by atoms with Crippen LogP contribution in [0.5, 0.6) is 0 Å². The van der Waals surface area contributed by atoms with Crippen molar-refractivity contribution in [2.45, 2.75) is 53.2 Å². The summed E-state index contributed by atoms with van der Waals surface area (Å²) in [7, 11) is 0. The zero-order chi connectivity index (χ0) is 28.3. The van der Waals surface area contributed by atoms with E-state index >= 15 is 0 Å². The van der Waals surface area contributed by atoms with Gasteiger partial charge >= 0.3 is 6.09 Å². The van der Waals surface area contributed by atoms with Gasteiger partial charge in [-0.25, -0.2) is 14.8 Å². The van der Waals surface area contributed by atoms with Crippen LogP contribution in [-0.2, 0) is 17.7 Å². The van der Waals surface area contributed by atoms with Gasteiger partial charge in [-0.15, -0.1) is 0 Å². The lowest BCUT2D eigenvalue weighted by Crippen LogP contribution is -2.50. The van der Waals surface area contributed by atoms with Crippen LogP contribution in [0.4, 0.5) is 10.5 Å². The monoisotopic (exact) mass is 539 g/mol. The van der Waals surface area contributed by atoms with Crippen molar-refractivity contribution in [2.24, 2.45) is 0 Å². The molecule has 0 unspecified atom stereocenters. The van der Waals surface area contributed by atoms with Crippen LogP contribution in [0.1, 0.15) is 44.6 Å². The maximum atomic E-state index is 12.4. The molecule has 3 aromatic heterocycles. The Morgan fingerprint density at radius 3 is 2.52 bits per heavy atom. The Morgan fingerprint density at radius 2 is 1.85 bits per heavy atom. The Morgan fingerprint density at radius 1 is 1.05 bits per heavy atom. The van der Waals surface area contributed by atoms with Gasteiger partial charge in [0.05, 0.1) is 5.69 Å². The van der Waals surface area contributed by atoms with Gasteiger partial charge in [0.15, 0.2) is 0 Å². The first-order valence-corrected chi connectivity index (χ1v) is 13.8. The highest BCUT2D eigenvalue weighted by atomic mass is 16.6. The number of aromatic nitrogens is 5. The second-order valence-electron chi connectivity index (χ2n) is 11.1. The second kappa shape index (κ2) is 11.5. The molecule has 1 saturated heterocycles. The van der Waals surface area contributed by atoms with Crippen LogP contribution < -0.4 is 4.90 Å². The molecule has 9 nitrogen and oxygen atoms in total. The molecule has 1 fully saturated rings. The molecule has 0 bridgehead atoms. The zero-order valence-electron chi connectivity index (χ0n) is 24.0. The first-order valence-electron chi connectivity index (χ1n) is 13.8. The van der Waals surface area contributed by atoms with Gasteiger partial charge in [-0.05, 0) is 70.0 Å². The Hall–Kier alpha value is -4.27. The highest BCUT2D eigenvalue weighted by molar-refractivity contribution is 5.78. The van der Waals surface area contributed by atoms with E-state index in [1.807, 2.05) is 62.2 Å². The van der Waals surface area contributed by atoms with E-state index in [2.05, 4.69) is 46.9 Å². The van der Waals surface area contributed by atoms with Crippen molar-refractivity contribution in [3.63, 3.8) is 0 Å². The van der Waals surface area contributed by atoms with E-state index in [-0.39, 0.29) is 6.09 Å². The molecule has 1 amide bonds. The fourth-order valence-electron chi connectivity index (χ4n) is 4.94. The highest BCUT2D eigenvalue weighted by Gasteiger charge is 2.26. The summed E-state index contributed by atoms with van der Waals surface area (Å²) in [5, 5.41) is 4.77. The van der Waals surface area contributed by atoms with Gasteiger partial charge < -0.3 is 14.5 Å². The highest BCUT2D eigenvalue weighted by Crippen LogP contribution is 2.30. The predicted octanol–water partition coefficient (Wildman–Crippen LogP) is 5.38. The summed E-state index contributed by atoms with van der Waals surface area (Å²) >= 11 is 0. The minimum absolute atomic E-state index is 0.240. The summed E-state index contributed by atoms with van der Waals surface area (Å²) in [4.78, 5) is 30.3. The summed E-state index contributed by atoms with van der Waals surface area (Å²) < 4.78 is 7.46. The number of carbonyl (C=O) groups excluding carboxylic acids is 1. The molecule has 0 atom stereocenters. The molecular formula is C31H37N7O2. The van der Waals surface area contributed by atoms with Gasteiger partial charge in [-0.3, -0.25) is 9.67 Å². The number of hydrogen-bond donors (Lipinski definition) is 0. The third-order valence-corrected chi connectivity index (χ3v) is 6.90. The first-order chi connectivity index (χ1) is 19.2. The summed E-state index contributed by atoms with van der Waals surface area (Å²) in [6.45, 7) is 13.5. The Balaban J connectivity index is 1.29. The van der Waals surface area contributed by atoms with E-state index < -0.39 is 5.60 Å². The fraction of sp³-hybridized carbons (Fsp3) is 0.387. The standard InChI is InChI=1S/C31H37N7O2/c1-6-38-21-25(29(35-38)24-8-7-12-32-20-24)26-11-13-33-28(34-26)19-23-9-10-27(22(2)18-23)36-14-16-37(17-15-36)30(39)40-31(3,4)5/h7-13,18,20-21H,6,14-17,19H2,1-5H3. The molecule has 208 valence electrons. The molecule has 1 aliphatic heterocycles. The van der Waals surface area contributed by atoms with E-state index in [1.165, 1.54) is 11.3 Å². The van der Waals surface area contributed by atoms with Crippen molar-refractivity contribution in [2.75, 3.05) is 31.1 Å². The van der Waals surface area contributed by atoms with Crippen molar-refractivity contribution in [3.8, 4) is 22.5 Å². The largest absolute Gasteiger partial charge is 0.444 e. The lowest BCUT2D eigenvalue weighted by atomic mass is 10.0. The van der Waals surface area contributed by atoms with E-state index in [1.54, 1.807) is 11.1 Å². The SMILES string of the molecule is CCn1cc(-c2ccnc(Cc3ccc(N4CCN(C(=O)OC(C)(C)C)CC4)c(C)c3)n2)c(-c2cccnc2)n1. The molecule has 0 radical (unpaired) electrons. The van der Waals surface area contributed by atoms with Crippen LogP contribution in [0, 0.1) is 6.92 Å². The average molecular weight is 540 g/mol. The smallest absolute Gasteiger partial charge is 0.410 e. The Labute approximate surface area is 235 Å². The minimum Gasteiger partial charge on any atom is -0.444 e. The Kier molecular flexibility index (Phi) is 7.82. The van der Waals surface area contributed by atoms with Crippen molar-refractivity contribution in [3.05, 3.63) is 78.1 Å². The van der Waals surface area contributed by atoms with Crippen LogP contribution in [0.15, 0.2) is 61.2 Å². The molecule has 0 N–H and O–H groups in total. The third kappa shape index (κ3) is 6.30. The second-order valence-corrected chi connectivity index (χ2v) is 11.1. The molecule has 0 aliphatic carbocycles. The number of pyridine rings is 1. The van der Waals surface area contributed by atoms with Gasteiger partial charge in [0, 0.05) is 80.7 Å². The van der Waals surface area contributed by atoms with Gasteiger partial charge in [0.2, 0.25) is 0 Å². The number of benzene rings is 1. The fourth-order valence-corrected chi connectivity index (χ4v) is 4.94. The van der Waals surface area contributed by atoms with E-state index in [4.69, 9.17) is 14.8 Å². The van der Waals surface area contributed by atoms with E-state index in [0.717, 1.165) is 53.5 Å². The van der Waals surface area contributed by atoms with Crippen molar-refractivity contribution < 1.29 is 9.53 Å². The number of aryl methyl sites for hydroxylation is 2. The minimum atomic E-state index is -0.483. The van der Waals surface area contributed by atoms with Crippen LogP contribution in [0.3, 0.4) is 0 Å². The summed E-state index contributed by atoms with van der Waals surface area (Å²) in [6.07, 6.45) is 7.84. The normalized spacial score (nSPS) is 13.9. The number of amides is 1. The lowest BCUT2D eigenvalue weighted by molar-refractivity contribution is 0.0240.